The van der Waals surface area contributed by atoms with Gasteiger partial charge in [-0.15, -0.1) is 0 Å². The molecule has 2 heterocycles. The predicted molar refractivity (Wildman–Crippen MR) is 94.9 cm³/mol. The van der Waals surface area contributed by atoms with E-state index in [4.69, 9.17) is 0 Å². The molecule has 5 nitrogen and oxygen atoms in total. The summed E-state index contributed by atoms with van der Waals surface area (Å²) in [5.41, 5.74) is 1.83. The van der Waals surface area contributed by atoms with E-state index < -0.39 is 0 Å². The van der Waals surface area contributed by atoms with Gasteiger partial charge < -0.3 is 15.1 Å². The van der Waals surface area contributed by atoms with E-state index in [1.54, 1.807) is 9.80 Å². The van der Waals surface area contributed by atoms with Crippen LogP contribution < -0.4 is 5.32 Å². The molecule has 2 aliphatic heterocycles. The molecule has 0 aromatic heterocycles. The Balaban J connectivity index is 1.59. The molecule has 0 saturated carbocycles. The Morgan fingerprint density at radius 2 is 2.08 bits per heavy atom. The fraction of sp³-hybridized carbons (Fsp3) is 0.474. The number of piperidine rings is 1. The number of rotatable bonds is 2. The molecule has 0 unspecified atom stereocenters. The first-order valence-corrected chi connectivity index (χ1v) is 8.79. The minimum atomic E-state index is -0.247. The number of carbonyl (C=O) groups excluding carboxylic acids is 2. The summed E-state index contributed by atoms with van der Waals surface area (Å²) in [7, 11) is 0. The number of nitrogens with zero attached hydrogens (tertiary/aromatic N) is 2. The number of benzene rings is 1. The zero-order valence-electron chi connectivity index (χ0n) is 14.5. The van der Waals surface area contributed by atoms with E-state index in [2.05, 4.69) is 5.32 Å². The fourth-order valence-electron chi connectivity index (χ4n) is 3.44. The van der Waals surface area contributed by atoms with Gasteiger partial charge >= 0.3 is 6.03 Å². The molecule has 3 rings (SSSR count). The van der Waals surface area contributed by atoms with Gasteiger partial charge in [0.25, 0.3) is 0 Å². The van der Waals surface area contributed by atoms with E-state index in [0.29, 0.717) is 26.1 Å². The largest absolute Gasteiger partial charge is 0.335 e. The number of anilines is 1. The third-order valence-electron chi connectivity index (χ3n) is 4.75. The fourth-order valence-corrected chi connectivity index (χ4v) is 3.44. The molecule has 1 N–H and O–H groups in total. The van der Waals surface area contributed by atoms with Gasteiger partial charge in [-0.25, -0.2) is 9.18 Å². The number of hydrogen-bond acceptors (Lipinski definition) is 2. The van der Waals surface area contributed by atoms with Crippen LogP contribution in [0.3, 0.4) is 0 Å². The molecule has 3 amide bonds. The zero-order chi connectivity index (χ0) is 17.8. The summed E-state index contributed by atoms with van der Waals surface area (Å²) < 4.78 is 13.4. The first-order valence-electron chi connectivity index (χ1n) is 8.79. The molecule has 2 aliphatic rings. The molecule has 0 spiro atoms. The van der Waals surface area contributed by atoms with Gasteiger partial charge in [0.05, 0.1) is 12.5 Å². The molecule has 134 valence electrons. The molecular formula is C19H24FN3O2. The quantitative estimate of drug-likeness (QED) is 0.894. The van der Waals surface area contributed by atoms with Crippen LogP contribution in [0.1, 0.15) is 24.8 Å². The topological polar surface area (TPSA) is 52.7 Å². The Morgan fingerprint density at radius 3 is 2.84 bits per heavy atom. The van der Waals surface area contributed by atoms with Crippen LogP contribution in [0.4, 0.5) is 14.9 Å². The first kappa shape index (κ1) is 17.5. The lowest BCUT2D eigenvalue weighted by molar-refractivity contribution is -0.136. The zero-order valence-corrected chi connectivity index (χ0v) is 14.5. The van der Waals surface area contributed by atoms with E-state index in [0.717, 1.165) is 24.1 Å². The SMILES string of the molecule is Cc1cccc(NC(=O)N2CCC[C@@H](C(=O)N3CCC=C(F)C3)C2)c1. The molecule has 1 aromatic carbocycles. The summed E-state index contributed by atoms with van der Waals surface area (Å²) in [6.45, 7) is 3.61. The van der Waals surface area contributed by atoms with Crippen molar-refractivity contribution in [2.75, 3.05) is 31.5 Å². The van der Waals surface area contributed by atoms with Crippen molar-refractivity contribution in [1.82, 2.24) is 9.80 Å². The second kappa shape index (κ2) is 7.68. The van der Waals surface area contributed by atoms with Crippen LogP contribution in [0.2, 0.25) is 0 Å². The molecule has 1 saturated heterocycles. The molecule has 1 aromatic rings. The lowest BCUT2D eigenvalue weighted by Crippen LogP contribution is -2.48. The lowest BCUT2D eigenvalue weighted by atomic mass is 9.96. The molecule has 6 heteroatoms. The molecule has 1 atom stereocenters. The second-order valence-corrected chi connectivity index (χ2v) is 6.78. The average Bonchev–Trinajstić information content (AvgIpc) is 2.61. The number of likely N-dealkylation sites (tertiary alicyclic amines) is 1. The van der Waals surface area contributed by atoms with Crippen LogP contribution >= 0.6 is 0 Å². The van der Waals surface area contributed by atoms with E-state index in [1.807, 2.05) is 31.2 Å². The summed E-state index contributed by atoms with van der Waals surface area (Å²) in [4.78, 5) is 28.4. The standard InChI is InChI=1S/C19H24FN3O2/c1-14-5-2-8-17(11-14)21-19(25)23-10-3-6-15(12-23)18(24)22-9-4-7-16(20)13-22/h2,5,7-8,11,15H,3-4,6,9-10,12-13H2,1H3,(H,21,25)/t15-/m1/s1. The van der Waals surface area contributed by atoms with Crippen molar-refractivity contribution in [3.63, 3.8) is 0 Å². The predicted octanol–water partition coefficient (Wildman–Crippen LogP) is 3.32. The van der Waals surface area contributed by atoms with Crippen molar-refractivity contribution >= 4 is 17.6 Å². The highest BCUT2D eigenvalue weighted by Gasteiger charge is 2.32. The Bertz CT molecular complexity index is 689. The van der Waals surface area contributed by atoms with Crippen LogP contribution in [0, 0.1) is 12.8 Å². The van der Waals surface area contributed by atoms with Gasteiger partial charge in [0.1, 0.15) is 5.83 Å². The molecule has 0 radical (unpaired) electrons. The Morgan fingerprint density at radius 1 is 1.24 bits per heavy atom. The summed E-state index contributed by atoms with van der Waals surface area (Å²) in [5.74, 6) is -0.538. The van der Waals surface area contributed by atoms with E-state index in [-0.39, 0.29) is 30.2 Å². The Kier molecular flexibility index (Phi) is 5.36. The number of carbonyl (C=O) groups is 2. The number of amides is 3. The van der Waals surface area contributed by atoms with Crippen molar-refractivity contribution < 1.29 is 14.0 Å². The average molecular weight is 345 g/mol. The number of aryl methyl sites for hydroxylation is 1. The first-order chi connectivity index (χ1) is 12.0. The van der Waals surface area contributed by atoms with Crippen molar-refractivity contribution in [2.24, 2.45) is 5.92 Å². The van der Waals surface area contributed by atoms with Gasteiger partial charge in [-0.2, -0.15) is 0 Å². The number of urea groups is 1. The van der Waals surface area contributed by atoms with Crippen molar-refractivity contribution in [1.29, 1.82) is 0 Å². The van der Waals surface area contributed by atoms with Gasteiger partial charge in [-0.05, 0) is 50.0 Å². The Labute approximate surface area is 147 Å². The highest BCUT2D eigenvalue weighted by Crippen LogP contribution is 2.22. The van der Waals surface area contributed by atoms with Crippen LogP contribution in [0.5, 0.6) is 0 Å². The van der Waals surface area contributed by atoms with Gasteiger partial charge in [0.2, 0.25) is 5.91 Å². The third-order valence-corrected chi connectivity index (χ3v) is 4.75. The maximum absolute atomic E-state index is 13.4. The molecule has 25 heavy (non-hydrogen) atoms. The molecule has 1 fully saturated rings. The smallest absolute Gasteiger partial charge is 0.321 e. The van der Waals surface area contributed by atoms with E-state index in [9.17, 15) is 14.0 Å². The summed E-state index contributed by atoms with van der Waals surface area (Å²) in [6.07, 6.45) is 3.62. The minimum absolute atomic E-state index is 0.0451. The number of hydrogen-bond donors (Lipinski definition) is 1. The van der Waals surface area contributed by atoms with E-state index in [1.165, 1.54) is 6.08 Å². The minimum Gasteiger partial charge on any atom is -0.335 e. The molecule has 0 aliphatic carbocycles. The highest BCUT2D eigenvalue weighted by molar-refractivity contribution is 5.90. The maximum atomic E-state index is 13.4. The number of halogens is 1. The van der Waals surface area contributed by atoms with Crippen molar-refractivity contribution in [3.05, 3.63) is 41.7 Å². The van der Waals surface area contributed by atoms with Crippen molar-refractivity contribution in [3.8, 4) is 0 Å². The monoisotopic (exact) mass is 345 g/mol. The third kappa shape index (κ3) is 4.38. The molecular weight excluding hydrogens is 321 g/mol. The van der Waals surface area contributed by atoms with Gasteiger partial charge in [0.15, 0.2) is 0 Å². The van der Waals surface area contributed by atoms with Crippen LogP contribution in [-0.4, -0.2) is 47.9 Å². The van der Waals surface area contributed by atoms with Gasteiger partial charge in [-0.1, -0.05) is 12.1 Å². The highest BCUT2D eigenvalue weighted by atomic mass is 19.1. The van der Waals surface area contributed by atoms with E-state index >= 15 is 0 Å². The Hall–Kier alpha value is -2.37. The normalized spacial score (nSPS) is 20.9. The lowest BCUT2D eigenvalue weighted by Gasteiger charge is -2.35. The van der Waals surface area contributed by atoms with Crippen LogP contribution in [0.25, 0.3) is 0 Å². The van der Waals surface area contributed by atoms with Crippen molar-refractivity contribution in [2.45, 2.75) is 26.2 Å². The van der Waals surface area contributed by atoms with Gasteiger partial charge in [0, 0.05) is 25.3 Å². The summed E-state index contributed by atoms with van der Waals surface area (Å²) >= 11 is 0. The van der Waals surface area contributed by atoms with Gasteiger partial charge in [-0.3, -0.25) is 4.79 Å². The molecule has 0 bridgehead atoms. The maximum Gasteiger partial charge on any atom is 0.321 e. The number of nitrogens with one attached hydrogen (secondary N) is 1. The van der Waals surface area contributed by atoms with Crippen LogP contribution in [-0.2, 0) is 4.79 Å². The summed E-state index contributed by atoms with van der Waals surface area (Å²) in [6, 6.07) is 7.43. The second-order valence-electron chi connectivity index (χ2n) is 6.78. The van der Waals surface area contributed by atoms with Crippen LogP contribution in [0.15, 0.2) is 36.2 Å². The summed E-state index contributed by atoms with van der Waals surface area (Å²) in [5, 5.41) is 2.89.